The Balaban J connectivity index is 1.57. The highest BCUT2D eigenvalue weighted by Gasteiger charge is 2.45. The van der Waals surface area contributed by atoms with Crippen LogP contribution in [0.25, 0.3) is 0 Å². The first-order valence-electron chi connectivity index (χ1n) is 9.66. The van der Waals surface area contributed by atoms with E-state index >= 15 is 0 Å². The molecule has 2 aliphatic heterocycles. The summed E-state index contributed by atoms with van der Waals surface area (Å²) in [5.74, 6) is 0.639. The monoisotopic (exact) mass is 420 g/mol. The van der Waals surface area contributed by atoms with Gasteiger partial charge in [0.2, 0.25) is 6.29 Å². The Labute approximate surface area is 172 Å². The van der Waals surface area contributed by atoms with E-state index in [1.807, 2.05) is 0 Å². The van der Waals surface area contributed by atoms with Crippen LogP contribution in [0.4, 0.5) is 0 Å². The van der Waals surface area contributed by atoms with Crippen LogP contribution in [-0.2, 0) is 11.2 Å². The maximum atomic E-state index is 10.2. The third-order valence-corrected chi connectivity index (χ3v) is 5.44. The maximum absolute atomic E-state index is 10.2. The van der Waals surface area contributed by atoms with Gasteiger partial charge in [0.15, 0.2) is 0 Å². The first kappa shape index (κ1) is 20.7. The molecule has 2 aromatic rings. The predicted molar refractivity (Wildman–Crippen MR) is 102 cm³/mol. The molecule has 162 valence electrons. The molecular formula is C21H24O9. The Kier molecular flexibility index (Phi) is 5.72. The summed E-state index contributed by atoms with van der Waals surface area (Å²) in [5, 5.41) is 59.0. The summed E-state index contributed by atoms with van der Waals surface area (Å²) in [6.07, 6.45) is -6.21. The molecule has 0 radical (unpaired) electrons. The van der Waals surface area contributed by atoms with Crippen LogP contribution in [0, 0.1) is 0 Å². The molecule has 9 heteroatoms. The van der Waals surface area contributed by atoms with Crippen molar-refractivity contribution in [2.45, 2.75) is 49.7 Å². The lowest BCUT2D eigenvalue weighted by molar-refractivity contribution is -0.277. The van der Waals surface area contributed by atoms with Crippen LogP contribution in [0.15, 0.2) is 36.4 Å². The van der Waals surface area contributed by atoms with Gasteiger partial charge in [-0.15, -0.1) is 0 Å². The van der Waals surface area contributed by atoms with Gasteiger partial charge in [-0.1, -0.05) is 12.1 Å². The van der Waals surface area contributed by atoms with Crippen LogP contribution in [0.1, 0.15) is 23.7 Å². The van der Waals surface area contributed by atoms with Crippen molar-refractivity contribution in [3.8, 4) is 23.0 Å². The van der Waals surface area contributed by atoms with Crippen LogP contribution in [-0.4, -0.2) is 68.0 Å². The van der Waals surface area contributed by atoms with Crippen molar-refractivity contribution in [3.63, 3.8) is 0 Å². The summed E-state index contributed by atoms with van der Waals surface area (Å²) in [5.41, 5.74) is 1.53. The standard InChI is InChI=1S/C21H24O9/c22-9-17-18(25)19(26)20(27)21(30-17)29-16-8-12(24)7-15-13(16)5-6-14(28-15)10-1-3-11(23)4-2-10/h1-4,7-8,14,17-27H,5-6,9H2. The second-order valence-corrected chi connectivity index (χ2v) is 7.47. The molecule has 30 heavy (non-hydrogen) atoms. The van der Waals surface area contributed by atoms with Gasteiger partial charge in [-0.05, 0) is 30.5 Å². The zero-order valence-electron chi connectivity index (χ0n) is 16.0. The molecule has 9 nitrogen and oxygen atoms in total. The molecule has 0 amide bonds. The van der Waals surface area contributed by atoms with Crippen LogP contribution in [0.3, 0.4) is 0 Å². The number of fused-ring (bicyclic) bond motifs is 1. The number of hydrogen-bond acceptors (Lipinski definition) is 9. The molecule has 6 N–H and O–H groups in total. The smallest absolute Gasteiger partial charge is 0.229 e. The van der Waals surface area contributed by atoms with Gasteiger partial charge in [0, 0.05) is 17.7 Å². The van der Waals surface area contributed by atoms with Crippen molar-refractivity contribution in [1.82, 2.24) is 0 Å². The topological polar surface area (TPSA) is 149 Å². The summed E-state index contributed by atoms with van der Waals surface area (Å²) in [4.78, 5) is 0. The molecule has 2 aromatic carbocycles. The largest absolute Gasteiger partial charge is 0.508 e. The number of phenols is 2. The third kappa shape index (κ3) is 3.90. The second-order valence-electron chi connectivity index (χ2n) is 7.47. The second kappa shape index (κ2) is 8.29. The minimum atomic E-state index is -1.57. The van der Waals surface area contributed by atoms with E-state index in [0.29, 0.717) is 24.2 Å². The molecule has 0 bridgehead atoms. The molecule has 1 saturated heterocycles. The average Bonchev–Trinajstić information content (AvgIpc) is 2.74. The van der Waals surface area contributed by atoms with E-state index < -0.39 is 37.3 Å². The van der Waals surface area contributed by atoms with E-state index in [9.17, 15) is 30.6 Å². The number of rotatable bonds is 4. The molecule has 0 saturated carbocycles. The van der Waals surface area contributed by atoms with Crippen LogP contribution in [0.2, 0.25) is 0 Å². The van der Waals surface area contributed by atoms with Crippen LogP contribution in [0.5, 0.6) is 23.0 Å². The Bertz CT molecular complexity index is 883. The van der Waals surface area contributed by atoms with E-state index in [2.05, 4.69) is 0 Å². The summed E-state index contributed by atoms with van der Waals surface area (Å²) in [6, 6.07) is 9.49. The third-order valence-electron chi connectivity index (χ3n) is 5.44. The molecule has 0 aliphatic carbocycles. The van der Waals surface area contributed by atoms with Crippen molar-refractivity contribution in [2.75, 3.05) is 6.61 Å². The summed E-state index contributed by atoms with van der Waals surface area (Å²) >= 11 is 0. The molecule has 4 rings (SSSR count). The molecule has 2 aliphatic rings. The minimum absolute atomic E-state index is 0.125. The number of benzene rings is 2. The van der Waals surface area contributed by atoms with Crippen molar-refractivity contribution in [2.24, 2.45) is 0 Å². The lowest BCUT2D eigenvalue weighted by Crippen LogP contribution is -2.60. The Hall–Kier alpha value is -2.56. The van der Waals surface area contributed by atoms with Gasteiger partial charge < -0.3 is 44.8 Å². The lowest BCUT2D eigenvalue weighted by Gasteiger charge is -2.40. The average molecular weight is 420 g/mol. The number of ether oxygens (including phenoxy) is 3. The van der Waals surface area contributed by atoms with E-state index in [1.165, 1.54) is 12.1 Å². The van der Waals surface area contributed by atoms with Crippen molar-refractivity contribution < 1.29 is 44.8 Å². The molecule has 6 unspecified atom stereocenters. The highest BCUT2D eigenvalue weighted by Crippen LogP contribution is 2.43. The van der Waals surface area contributed by atoms with Gasteiger partial charge in [-0.3, -0.25) is 0 Å². The van der Waals surface area contributed by atoms with Crippen LogP contribution < -0.4 is 9.47 Å². The van der Waals surface area contributed by atoms with E-state index in [-0.39, 0.29) is 23.4 Å². The van der Waals surface area contributed by atoms with E-state index in [0.717, 1.165) is 5.56 Å². The fraction of sp³-hybridized carbons (Fsp3) is 0.429. The number of aliphatic hydroxyl groups is 4. The highest BCUT2D eigenvalue weighted by atomic mass is 16.7. The Morgan fingerprint density at radius 2 is 1.67 bits per heavy atom. The van der Waals surface area contributed by atoms with Gasteiger partial charge >= 0.3 is 0 Å². The number of phenolic OH excluding ortho intramolecular Hbond substituents is 2. The summed E-state index contributed by atoms with van der Waals surface area (Å²) in [7, 11) is 0. The maximum Gasteiger partial charge on any atom is 0.229 e. The molecule has 0 aromatic heterocycles. The van der Waals surface area contributed by atoms with E-state index in [1.54, 1.807) is 24.3 Å². The minimum Gasteiger partial charge on any atom is -0.508 e. The lowest BCUT2D eigenvalue weighted by atomic mass is 9.96. The van der Waals surface area contributed by atoms with Gasteiger partial charge in [0.05, 0.1) is 6.61 Å². The number of hydrogen-bond donors (Lipinski definition) is 6. The normalized spacial score (nSPS) is 30.9. The summed E-state index contributed by atoms with van der Waals surface area (Å²) in [6.45, 7) is -0.569. The quantitative estimate of drug-likeness (QED) is 0.412. The zero-order valence-corrected chi connectivity index (χ0v) is 16.0. The fourth-order valence-corrected chi connectivity index (χ4v) is 3.76. The molecule has 0 spiro atoms. The van der Waals surface area contributed by atoms with Crippen molar-refractivity contribution in [3.05, 3.63) is 47.5 Å². The molecule has 1 fully saturated rings. The predicted octanol–water partition coefficient (Wildman–Crippen LogP) is 0.343. The first-order chi connectivity index (χ1) is 14.4. The molecular weight excluding hydrogens is 396 g/mol. The number of aromatic hydroxyl groups is 2. The fourth-order valence-electron chi connectivity index (χ4n) is 3.76. The van der Waals surface area contributed by atoms with Gasteiger partial charge in [-0.25, -0.2) is 0 Å². The van der Waals surface area contributed by atoms with E-state index in [4.69, 9.17) is 14.2 Å². The number of aliphatic hydroxyl groups excluding tert-OH is 4. The van der Waals surface area contributed by atoms with Gasteiger partial charge in [-0.2, -0.15) is 0 Å². The van der Waals surface area contributed by atoms with Crippen molar-refractivity contribution in [1.29, 1.82) is 0 Å². The van der Waals surface area contributed by atoms with Gasteiger partial charge in [0.25, 0.3) is 0 Å². The summed E-state index contributed by atoms with van der Waals surface area (Å²) < 4.78 is 17.1. The molecule has 2 heterocycles. The Morgan fingerprint density at radius 3 is 2.37 bits per heavy atom. The van der Waals surface area contributed by atoms with Crippen molar-refractivity contribution >= 4 is 0 Å². The first-order valence-corrected chi connectivity index (χ1v) is 9.66. The molecule has 6 atom stereocenters. The van der Waals surface area contributed by atoms with Gasteiger partial charge in [0.1, 0.15) is 53.5 Å². The Morgan fingerprint density at radius 1 is 0.933 bits per heavy atom. The SMILES string of the molecule is OCC1OC(Oc2cc(O)cc3c2CCC(c2ccc(O)cc2)O3)C(O)C(O)C1O. The van der Waals surface area contributed by atoms with Crippen LogP contribution >= 0.6 is 0 Å². The highest BCUT2D eigenvalue weighted by molar-refractivity contribution is 5.51. The zero-order chi connectivity index (χ0) is 21.4.